The fourth-order valence-corrected chi connectivity index (χ4v) is 3.33. The quantitative estimate of drug-likeness (QED) is 0.632. The van der Waals surface area contributed by atoms with Crippen LogP contribution in [0.5, 0.6) is 0 Å². The molecule has 0 N–H and O–H groups in total. The third-order valence-electron chi connectivity index (χ3n) is 4.24. The van der Waals surface area contributed by atoms with Gasteiger partial charge in [-0.1, -0.05) is 13.8 Å². The number of ether oxygens (including phenoxy) is 2. The Labute approximate surface area is 96.5 Å². The Morgan fingerprint density at radius 1 is 1.06 bits per heavy atom. The Morgan fingerprint density at radius 2 is 1.56 bits per heavy atom. The molecule has 3 rings (SSSR count). The Morgan fingerprint density at radius 3 is 2.06 bits per heavy atom. The monoisotopic (exact) mass is 224 g/mol. The molecule has 16 heavy (non-hydrogen) atoms. The van der Waals surface area contributed by atoms with Crippen molar-refractivity contribution in [3.05, 3.63) is 0 Å². The van der Waals surface area contributed by atoms with Gasteiger partial charge in [-0.2, -0.15) is 0 Å². The van der Waals surface area contributed by atoms with Crippen molar-refractivity contribution in [3.63, 3.8) is 0 Å². The number of Topliss-reactive ketones (excluding diaryl/α,β-unsaturated/α-hetero) is 1. The Kier molecular flexibility index (Phi) is 2.21. The maximum absolute atomic E-state index is 11.3. The second-order valence-electron chi connectivity index (χ2n) is 6.53. The molecular weight excluding hydrogens is 204 g/mol. The first-order valence-electron chi connectivity index (χ1n) is 6.28. The highest BCUT2D eigenvalue weighted by atomic mass is 16.7. The first-order valence-corrected chi connectivity index (χ1v) is 6.28. The maximum atomic E-state index is 11.3. The second-order valence-corrected chi connectivity index (χ2v) is 6.53. The summed E-state index contributed by atoms with van der Waals surface area (Å²) in [4.78, 5) is 11.3. The fraction of sp³-hybridized carbons (Fsp3) is 0.923. The van der Waals surface area contributed by atoms with Gasteiger partial charge in [-0.05, 0) is 11.8 Å². The summed E-state index contributed by atoms with van der Waals surface area (Å²) in [6, 6.07) is 0. The van der Waals surface area contributed by atoms with Crippen molar-refractivity contribution in [2.45, 2.75) is 45.3 Å². The first-order chi connectivity index (χ1) is 7.48. The summed E-state index contributed by atoms with van der Waals surface area (Å²) in [6.07, 6.45) is 3.37. The number of fused-ring (bicyclic) bond motifs is 1. The summed E-state index contributed by atoms with van der Waals surface area (Å²) in [5, 5.41) is 0. The summed E-state index contributed by atoms with van der Waals surface area (Å²) in [5.41, 5.74) is 0.138. The molecule has 0 aromatic heterocycles. The van der Waals surface area contributed by atoms with E-state index in [0.717, 1.165) is 38.9 Å². The van der Waals surface area contributed by atoms with Crippen molar-refractivity contribution < 1.29 is 14.3 Å². The molecule has 1 heterocycles. The largest absolute Gasteiger partial charge is 0.349 e. The molecule has 0 radical (unpaired) electrons. The smallest absolute Gasteiger partial charge is 0.168 e. The van der Waals surface area contributed by atoms with Crippen LogP contribution in [-0.4, -0.2) is 24.8 Å². The molecule has 1 aliphatic heterocycles. The molecule has 0 aromatic carbocycles. The van der Waals surface area contributed by atoms with E-state index >= 15 is 0 Å². The van der Waals surface area contributed by atoms with Gasteiger partial charge in [0.2, 0.25) is 0 Å². The standard InChI is InChI=1S/C13H20O3/c1-12(2)7-15-13(16-8-12)5-9-3-11(14)4-10(9)6-13/h9-10H,3-8H2,1-2H3/t9-,10-/m0/s1. The molecule has 2 aliphatic carbocycles. The van der Waals surface area contributed by atoms with Crippen LogP contribution < -0.4 is 0 Å². The van der Waals surface area contributed by atoms with Crippen molar-refractivity contribution in [2.24, 2.45) is 17.3 Å². The minimum Gasteiger partial charge on any atom is -0.349 e. The van der Waals surface area contributed by atoms with Gasteiger partial charge in [0.25, 0.3) is 0 Å². The zero-order chi connectivity index (χ0) is 11.4. The van der Waals surface area contributed by atoms with Gasteiger partial charge < -0.3 is 9.47 Å². The summed E-state index contributed by atoms with van der Waals surface area (Å²) in [6.45, 7) is 5.89. The SMILES string of the molecule is CC1(C)COC2(C[C@@H]3CC(=O)C[C@H]3C2)OC1. The summed E-state index contributed by atoms with van der Waals surface area (Å²) in [7, 11) is 0. The maximum Gasteiger partial charge on any atom is 0.168 e. The zero-order valence-electron chi connectivity index (χ0n) is 10.1. The highest BCUT2D eigenvalue weighted by Gasteiger charge is 2.53. The van der Waals surface area contributed by atoms with E-state index in [-0.39, 0.29) is 11.2 Å². The molecule has 3 fully saturated rings. The van der Waals surface area contributed by atoms with E-state index in [2.05, 4.69) is 13.8 Å². The number of ketones is 1. The molecule has 0 bridgehead atoms. The lowest BCUT2D eigenvalue weighted by Gasteiger charge is -2.42. The van der Waals surface area contributed by atoms with Gasteiger partial charge in [0, 0.05) is 31.1 Å². The van der Waals surface area contributed by atoms with Crippen LogP contribution in [0.25, 0.3) is 0 Å². The number of carbonyl (C=O) groups is 1. The molecular formula is C13H20O3. The van der Waals surface area contributed by atoms with Gasteiger partial charge in [0.15, 0.2) is 5.79 Å². The van der Waals surface area contributed by atoms with Gasteiger partial charge in [0.05, 0.1) is 13.2 Å². The van der Waals surface area contributed by atoms with Crippen LogP contribution in [0.3, 0.4) is 0 Å². The molecule has 90 valence electrons. The molecule has 0 amide bonds. The summed E-state index contributed by atoms with van der Waals surface area (Å²) in [5.74, 6) is 1.13. The van der Waals surface area contributed by atoms with Gasteiger partial charge in [0.1, 0.15) is 5.78 Å². The van der Waals surface area contributed by atoms with Gasteiger partial charge >= 0.3 is 0 Å². The Hall–Kier alpha value is -0.410. The number of hydrogen-bond acceptors (Lipinski definition) is 3. The van der Waals surface area contributed by atoms with Crippen molar-refractivity contribution in [1.29, 1.82) is 0 Å². The molecule has 3 nitrogen and oxygen atoms in total. The molecule has 1 spiro atoms. The van der Waals surface area contributed by atoms with Gasteiger partial charge in [-0.25, -0.2) is 0 Å². The van der Waals surface area contributed by atoms with Crippen LogP contribution in [0.4, 0.5) is 0 Å². The van der Waals surface area contributed by atoms with Crippen molar-refractivity contribution >= 4 is 5.78 Å². The number of carbonyl (C=O) groups excluding carboxylic acids is 1. The Balaban J connectivity index is 1.68. The van der Waals surface area contributed by atoms with Crippen LogP contribution in [0.15, 0.2) is 0 Å². The molecule has 1 saturated heterocycles. The topological polar surface area (TPSA) is 35.5 Å². The number of rotatable bonds is 0. The van der Waals surface area contributed by atoms with E-state index < -0.39 is 0 Å². The molecule has 2 saturated carbocycles. The predicted molar refractivity (Wildman–Crippen MR) is 58.9 cm³/mol. The lowest BCUT2D eigenvalue weighted by atomic mass is 9.94. The van der Waals surface area contributed by atoms with E-state index in [1.807, 2.05) is 0 Å². The third-order valence-corrected chi connectivity index (χ3v) is 4.24. The average Bonchev–Trinajstić information content (AvgIpc) is 2.66. The van der Waals surface area contributed by atoms with Crippen LogP contribution in [0.1, 0.15) is 39.5 Å². The normalized spacial score (nSPS) is 40.2. The van der Waals surface area contributed by atoms with Gasteiger partial charge in [-0.15, -0.1) is 0 Å². The third kappa shape index (κ3) is 1.70. The number of hydrogen-bond donors (Lipinski definition) is 0. The molecule has 0 aromatic rings. The Bertz CT molecular complexity index is 293. The van der Waals surface area contributed by atoms with Crippen LogP contribution >= 0.6 is 0 Å². The van der Waals surface area contributed by atoms with E-state index in [9.17, 15) is 4.79 Å². The molecule has 0 unspecified atom stereocenters. The summed E-state index contributed by atoms with van der Waals surface area (Å²) >= 11 is 0. The highest BCUT2D eigenvalue weighted by Crippen LogP contribution is 2.51. The lowest BCUT2D eigenvalue weighted by Crippen LogP contribution is -2.46. The van der Waals surface area contributed by atoms with E-state index in [1.165, 1.54) is 0 Å². The first kappa shape index (κ1) is 10.7. The zero-order valence-corrected chi connectivity index (χ0v) is 10.1. The second kappa shape index (κ2) is 3.30. The van der Waals surface area contributed by atoms with Crippen LogP contribution in [0, 0.1) is 17.3 Å². The molecule has 2 atom stereocenters. The van der Waals surface area contributed by atoms with E-state index in [0.29, 0.717) is 17.6 Å². The van der Waals surface area contributed by atoms with E-state index in [4.69, 9.17) is 9.47 Å². The fourth-order valence-electron chi connectivity index (χ4n) is 3.33. The predicted octanol–water partition coefficient (Wildman–Crippen LogP) is 2.14. The summed E-state index contributed by atoms with van der Waals surface area (Å²) < 4.78 is 12.0. The van der Waals surface area contributed by atoms with Crippen molar-refractivity contribution in [1.82, 2.24) is 0 Å². The highest BCUT2D eigenvalue weighted by molar-refractivity contribution is 5.81. The van der Waals surface area contributed by atoms with Crippen molar-refractivity contribution in [3.8, 4) is 0 Å². The van der Waals surface area contributed by atoms with Gasteiger partial charge in [-0.3, -0.25) is 4.79 Å². The molecule has 3 aliphatic rings. The minimum absolute atomic E-state index is 0.138. The van der Waals surface area contributed by atoms with Crippen LogP contribution in [0.2, 0.25) is 0 Å². The van der Waals surface area contributed by atoms with Crippen LogP contribution in [-0.2, 0) is 14.3 Å². The van der Waals surface area contributed by atoms with E-state index in [1.54, 1.807) is 0 Å². The van der Waals surface area contributed by atoms with Crippen molar-refractivity contribution in [2.75, 3.05) is 13.2 Å². The average molecular weight is 224 g/mol. The molecule has 3 heteroatoms. The lowest BCUT2D eigenvalue weighted by molar-refractivity contribution is -0.297. The minimum atomic E-state index is -0.342.